The first-order valence-electron chi connectivity index (χ1n) is 6.62. The van der Waals surface area contributed by atoms with Crippen molar-refractivity contribution in [1.29, 1.82) is 0 Å². The van der Waals surface area contributed by atoms with Gasteiger partial charge < -0.3 is 5.32 Å². The smallest absolute Gasteiger partial charge is 0.0408 e. The second-order valence-electron chi connectivity index (χ2n) is 4.85. The van der Waals surface area contributed by atoms with Gasteiger partial charge >= 0.3 is 0 Å². The van der Waals surface area contributed by atoms with E-state index in [0.29, 0.717) is 6.04 Å². The van der Waals surface area contributed by atoms with E-state index in [0.717, 1.165) is 11.6 Å². The largest absolute Gasteiger partial charge is 0.310 e. The Morgan fingerprint density at radius 2 is 2.06 bits per heavy atom. The molecule has 96 valence electrons. The molecule has 0 fully saturated rings. The van der Waals surface area contributed by atoms with Crippen LogP contribution >= 0.6 is 11.6 Å². The summed E-state index contributed by atoms with van der Waals surface area (Å²) in [5.41, 5.74) is 2.61. The zero-order valence-corrected chi connectivity index (χ0v) is 12.0. The van der Waals surface area contributed by atoms with Gasteiger partial charge in [-0.3, -0.25) is 0 Å². The standard InChI is InChI=1S/C15H24ClN/c1-4-5-6-7-13(3)17-11-14-8-9-15(16)10-12(14)2/h8-10,13,17H,4-7,11H2,1-3H3. The molecule has 0 aromatic heterocycles. The van der Waals surface area contributed by atoms with Crippen LogP contribution in [0.15, 0.2) is 18.2 Å². The third-order valence-electron chi connectivity index (χ3n) is 3.19. The average molecular weight is 254 g/mol. The Hall–Kier alpha value is -0.530. The van der Waals surface area contributed by atoms with Gasteiger partial charge in [0, 0.05) is 17.6 Å². The molecule has 1 atom stereocenters. The lowest BCUT2D eigenvalue weighted by molar-refractivity contribution is 0.487. The maximum Gasteiger partial charge on any atom is 0.0408 e. The minimum absolute atomic E-state index is 0.594. The Morgan fingerprint density at radius 1 is 1.29 bits per heavy atom. The van der Waals surface area contributed by atoms with E-state index in [-0.39, 0.29) is 0 Å². The molecule has 0 aliphatic rings. The zero-order valence-electron chi connectivity index (χ0n) is 11.2. The zero-order chi connectivity index (χ0) is 12.7. The molecule has 1 rings (SSSR count). The fraction of sp³-hybridized carbons (Fsp3) is 0.600. The third kappa shape index (κ3) is 5.56. The van der Waals surface area contributed by atoms with Gasteiger partial charge in [0.05, 0.1) is 0 Å². The molecule has 0 heterocycles. The molecule has 0 aliphatic carbocycles. The molecule has 1 aromatic rings. The molecule has 1 unspecified atom stereocenters. The highest BCUT2D eigenvalue weighted by atomic mass is 35.5. The van der Waals surface area contributed by atoms with Gasteiger partial charge in [0.1, 0.15) is 0 Å². The van der Waals surface area contributed by atoms with Gasteiger partial charge in [-0.25, -0.2) is 0 Å². The van der Waals surface area contributed by atoms with Crippen LogP contribution in [0.4, 0.5) is 0 Å². The Kier molecular flexibility index (Phi) is 6.61. The van der Waals surface area contributed by atoms with Crippen molar-refractivity contribution in [2.24, 2.45) is 0 Å². The van der Waals surface area contributed by atoms with Crippen molar-refractivity contribution >= 4 is 11.6 Å². The number of nitrogens with one attached hydrogen (secondary N) is 1. The number of hydrogen-bond donors (Lipinski definition) is 1. The number of halogens is 1. The van der Waals surface area contributed by atoms with E-state index in [4.69, 9.17) is 11.6 Å². The first-order chi connectivity index (χ1) is 8.13. The molecular weight excluding hydrogens is 230 g/mol. The van der Waals surface area contributed by atoms with Gasteiger partial charge in [0.2, 0.25) is 0 Å². The van der Waals surface area contributed by atoms with Crippen molar-refractivity contribution in [2.45, 2.75) is 59.0 Å². The predicted octanol–water partition coefficient (Wildman–Crippen LogP) is 4.71. The van der Waals surface area contributed by atoms with Crippen LogP contribution in [0.3, 0.4) is 0 Å². The molecule has 0 saturated heterocycles. The van der Waals surface area contributed by atoms with E-state index < -0.39 is 0 Å². The monoisotopic (exact) mass is 253 g/mol. The minimum Gasteiger partial charge on any atom is -0.310 e. The van der Waals surface area contributed by atoms with Crippen molar-refractivity contribution < 1.29 is 0 Å². The molecule has 0 radical (unpaired) electrons. The normalized spacial score (nSPS) is 12.7. The van der Waals surface area contributed by atoms with Crippen molar-refractivity contribution in [3.05, 3.63) is 34.3 Å². The Balaban J connectivity index is 2.34. The van der Waals surface area contributed by atoms with Gasteiger partial charge in [0.25, 0.3) is 0 Å². The van der Waals surface area contributed by atoms with Crippen molar-refractivity contribution in [3.63, 3.8) is 0 Å². The summed E-state index contributed by atoms with van der Waals surface area (Å²) in [5.74, 6) is 0. The van der Waals surface area contributed by atoms with Gasteiger partial charge in [-0.1, -0.05) is 43.9 Å². The first-order valence-corrected chi connectivity index (χ1v) is 6.99. The quantitative estimate of drug-likeness (QED) is 0.694. The van der Waals surface area contributed by atoms with Crippen LogP contribution < -0.4 is 5.32 Å². The highest BCUT2D eigenvalue weighted by Gasteiger charge is 2.03. The number of benzene rings is 1. The van der Waals surface area contributed by atoms with Crippen molar-refractivity contribution in [2.75, 3.05) is 0 Å². The fourth-order valence-electron chi connectivity index (χ4n) is 1.94. The number of hydrogen-bond acceptors (Lipinski definition) is 1. The number of rotatable bonds is 7. The van der Waals surface area contributed by atoms with Gasteiger partial charge in [-0.2, -0.15) is 0 Å². The molecule has 0 bridgehead atoms. The molecule has 0 aliphatic heterocycles. The molecule has 0 spiro atoms. The maximum absolute atomic E-state index is 5.94. The molecule has 0 amide bonds. The Labute approximate surface area is 111 Å². The lowest BCUT2D eigenvalue weighted by atomic mass is 10.1. The van der Waals surface area contributed by atoms with Gasteiger partial charge in [-0.05, 0) is 43.5 Å². The summed E-state index contributed by atoms with van der Waals surface area (Å²) in [5, 5.41) is 4.40. The van der Waals surface area contributed by atoms with E-state index >= 15 is 0 Å². The Bertz CT molecular complexity index is 336. The highest BCUT2D eigenvalue weighted by Crippen LogP contribution is 2.15. The van der Waals surface area contributed by atoms with Crippen LogP contribution in [-0.2, 0) is 6.54 Å². The topological polar surface area (TPSA) is 12.0 Å². The van der Waals surface area contributed by atoms with E-state index in [2.05, 4.69) is 32.2 Å². The lowest BCUT2D eigenvalue weighted by Gasteiger charge is -2.14. The number of unbranched alkanes of at least 4 members (excludes halogenated alkanes) is 2. The summed E-state index contributed by atoms with van der Waals surface area (Å²) < 4.78 is 0. The van der Waals surface area contributed by atoms with Crippen LogP contribution in [0.2, 0.25) is 5.02 Å². The summed E-state index contributed by atoms with van der Waals surface area (Å²) >= 11 is 5.94. The number of aryl methyl sites for hydroxylation is 1. The van der Waals surface area contributed by atoms with Crippen LogP contribution in [0.5, 0.6) is 0 Å². The molecule has 1 nitrogen and oxygen atoms in total. The summed E-state index contributed by atoms with van der Waals surface area (Å²) in [6, 6.07) is 6.70. The lowest BCUT2D eigenvalue weighted by Crippen LogP contribution is -2.25. The first kappa shape index (κ1) is 14.5. The van der Waals surface area contributed by atoms with E-state index in [1.54, 1.807) is 0 Å². The summed E-state index contributed by atoms with van der Waals surface area (Å²) in [6.07, 6.45) is 5.22. The van der Waals surface area contributed by atoms with E-state index in [1.165, 1.54) is 36.8 Å². The second-order valence-corrected chi connectivity index (χ2v) is 5.28. The average Bonchev–Trinajstić information content (AvgIpc) is 2.28. The van der Waals surface area contributed by atoms with Gasteiger partial charge in [0.15, 0.2) is 0 Å². The molecule has 17 heavy (non-hydrogen) atoms. The minimum atomic E-state index is 0.594. The van der Waals surface area contributed by atoms with Crippen LogP contribution in [0.1, 0.15) is 50.7 Å². The van der Waals surface area contributed by atoms with E-state index in [9.17, 15) is 0 Å². The van der Waals surface area contributed by atoms with Crippen LogP contribution in [0, 0.1) is 6.92 Å². The predicted molar refractivity (Wildman–Crippen MR) is 76.6 cm³/mol. The SMILES string of the molecule is CCCCCC(C)NCc1ccc(Cl)cc1C. The molecule has 2 heteroatoms. The van der Waals surface area contributed by atoms with Crippen LogP contribution in [-0.4, -0.2) is 6.04 Å². The second kappa shape index (κ2) is 7.73. The summed E-state index contributed by atoms with van der Waals surface area (Å²) in [4.78, 5) is 0. The highest BCUT2D eigenvalue weighted by molar-refractivity contribution is 6.30. The summed E-state index contributed by atoms with van der Waals surface area (Å²) in [6.45, 7) is 7.57. The molecule has 1 aromatic carbocycles. The molecule has 1 N–H and O–H groups in total. The third-order valence-corrected chi connectivity index (χ3v) is 3.42. The molecular formula is C15H24ClN. The van der Waals surface area contributed by atoms with Crippen LogP contribution in [0.25, 0.3) is 0 Å². The fourth-order valence-corrected chi connectivity index (χ4v) is 2.17. The maximum atomic E-state index is 5.94. The van der Waals surface area contributed by atoms with Gasteiger partial charge in [-0.15, -0.1) is 0 Å². The van der Waals surface area contributed by atoms with E-state index in [1.807, 2.05) is 12.1 Å². The summed E-state index contributed by atoms with van der Waals surface area (Å²) in [7, 11) is 0. The Morgan fingerprint density at radius 3 is 2.71 bits per heavy atom. The molecule has 0 saturated carbocycles. The van der Waals surface area contributed by atoms with Crippen molar-refractivity contribution in [3.8, 4) is 0 Å². The van der Waals surface area contributed by atoms with Crippen molar-refractivity contribution in [1.82, 2.24) is 5.32 Å².